The van der Waals surface area contributed by atoms with E-state index in [-0.39, 0.29) is 24.0 Å². The summed E-state index contributed by atoms with van der Waals surface area (Å²) in [5.41, 5.74) is 1.78. The van der Waals surface area contributed by atoms with Crippen LogP contribution in [0.1, 0.15) is 31.7 Å². The van der Waals surface area contributed by atoms with Gasteiger partial charge < -0.3 is 15.5 Å². The van der Waals surface area contributed by atoms with Crippen LogP contribution in [-0.2, 0) is 5.41 Å². The van der Waals surface area contributed by atoms with Gasteiger partial charge in [0.05, 0.1) is 0 Å². The zero-order valence-corrected chi connectivity index (χ0v) is 17.3. The molecule has 1 aromatic rings. The number of halogens is 1. The van der Waals surface area contributed by atoms with Crippen LogP contribution in [-0.4, -0.2) is 50.6 Å². The van der Waals surface area contributed by atoms with Crippen molar-refractivity contribution in [2.24, 2.45) is 10.9 Å². The van der Waals surface area contributed by atoms with Crippen molar-refractivity contribution in [2.75, 3.05) is 39.8 Å². The summed E-state index contributed by atoms with van der Waals surface area (Å²) >= 11 is 0. The molecule has 134 valence electrons. The predicted octanol–water partition coefficient (Wildman–Crippen LogP) is 2.84. The second kappa shape index (κ2) is 9.04. The van der Waals surface area contributed by atoms with Crippen molar-refractivity contribution < 1.29 is 0 Å². The summed E-state index contributed by atoms with van der Waals surface area (Å²) in [5, 5.41) is 7.07. The smallest absolute Gasteiger partial charge is 0.191 e. The topological polar surface area (TPSA) is 39.7 Å². The molecular formula is C19H31IN4. The van der Waals surface area contributed by atoms with Crippen LogP contribution in [0.2, 0.25) is 0 Å². The van der Waals surface area contributed by atoms with Crippen molar-refractivity contribution in [3.05, 3.63) is 35.9 Å². The second-order valence-corrected chi connectivity index (χ2v) is 7.00. The lowest BCUT2D eigenvalue weighted by molar-refractivity contribution is 0.341. The number of nitrogens with one attached hydrogen (secondary N) is 2. The second-order valence-electron chi connectivity index (χ2n) is 7.00. The van der Waals surface area contributed by atoms with Crippen LogP contribution in [0.5, 0.6) is 0 Å². The van der Waals surface area contributed by atoms with E-state index >= 15 is 0 Å². The molecular weight excluding hydrogens is 411 g/mol. The minimum Gasteiger partial charge on any atom is -0.356 e. The van der Waals surface area contributed by atoms with Crippen molar-refractivity contribution in [2.45, 2.75) is 31.6 Å². The molecule has 4 nitrogen and oxygen atoms in total. The lowest BCUT2D eigenvalue weighted by Crippen LogP contribution is -2.43. The van der Waals surface area contributed by atoms with Crippen molar-refractivity contribution in [3.8, 4) is 0 Å². The molecule has 1 saturated heterocycles. The number of rotatable bonds is 6. The van der Waals surface area contributed by atoms with Crippen molar-refractivity contribution >= 4 is 29.9 Å². The van der Waals surface area contributed by atoms with E-state index in [4.69, 9.17) is 0 Å². The number of hydrogen-bond acceptors (Lipinski definition) is 2. The van der Waals surface area contributed by atoms with Gasteiger partial charge in [-0.15, -0.1) is 24.0 Å². The lowest BCUT2D eigenvalue weighted by atomic mass is 9.96. The van der Waals surface area contributed by atoms with Crippen molar-refractivity contribution in [3.63, 3.8) is 0 Å². The van der Waals surface area contributed by atoms with E-state index in [0.717, 1.165) is 25.0 Å². The van der Waals surface area contributed by atoms with Crippen LogP contribution in [0.4, 0.5) is 0 Å². The first-order valence-electron chi connectivity index (χ1n) is 8.98. The first-order chi connectivity index (χ1) is 11.3. The third kappa shape index (κ3) is 4.85. The first-order valence-corrected chi connectivity index (χ1v) is 8.98. The average Bonchev–Trinajstić information content (AvgIpc) is 3.26. The molecule has 2 aliphatic rings. The Bertz CT molecular complexity index is 527. The normalized spacial score (nSPS) is 22.8. The fourth-order valence-corrected chi connectivity index (χ4v) is 3.59. The SMILES string of the molecule is CCN1CCC(CNC(=NC)NCC2(c3ccccc3)CC2)C1.I. The van der Waals surface area contributed by atoms with Gasteiger partial charge in [-0.3, -0.25) is 4.99 Å². The van der Waals surface area contributed by atoms with Crippen LogP contribution in [0.15, 0.2) is 35.3 Å². The minimum absolute atomic E-state index is 0. The molecule has 0 amide bonds. The Labute approximate surface area is 163 Å². The zero-order chi connectivity index (χ0) is 16.1. The quantitative estimate of drug-likeness (QED) is 0.405. The van der Waals surface area contributed by atoms with E-state index in [1.54, 1.807) is 0 Å². The highest BCUT2D eigenvalue weighted by atomic mass is 127. The van der Waals surface area contributed by atoms with E-state index in [1.165, 1.54) is 44.5 Å². The molecule has 1 aliphatic heterocycles. The Morgan fingerprint density at radius 3 is 2.58 bits per heavy atom. The molecule has 0 spiro atoms. The predicted molar refractivity (Wildman–Crippen MR) is 112 cm³/mol. The number of guanidine groups is 1. The van der Waals surface area contributed by atoms with Gasteiger partial charge in [-0.25, -0.2) is 0 Å². The van der Waals surface area contributed by atoms with Crippen LogP contribution in [0.3, 0.4) is 0 Å². The largest absolute Gasteiger partial charge is 0.356 e. The highest BCUT2D eigenvalue weighted by Crippen LogP contribution is 2.47. The van der Waals surface area contributed by atoms with E-state index < -0.39 is 0 Å². The maximum Gasteiger partial charge on any atom is 0.191 e. The fourth-order valence-electron chi connectivity index (χ4n) is 3.59. The fraction of sp³-hybridized carbons (Fsp3) is 0.632. The Kier molecular flexibility index (Phi) is 7.34. The number of likely N-dealkylation sites (tertiary alicyclic amines) is 1. The van der Waals surface area contributed by atoms with Crippen LogP contribution >= 0.6 is 24.0 Å². The van der Waals surface area contributed by atoms with Gasteiger partial charge in [-0.05, 0) is 43.8 Å². The van der Waals surface area contributed by atoms with E-state index in [0.29, 0.717) is 5.41 Å². The molecule has 5 heteroatoms. The summed E-state index contributed by atoms with van der Waals surface area (Å²) in [5.74, 6) is 1.69. The minimum atomic E-state index is 0. The van der Waals surface area contributed by atoms with E-state index in [1.807, 2.05) is 7.05 Å². The molecule has 1 heterocycles. The molecule has 1 aliphatic carbocycles. The van der Waals surface area contributed by atoms with Crippen LogP contribution in [0.25, 0.3) is 0 Å². The van der Waals surface area contributed by atoms with Gasteiger partial charge in [0.2, 0.25) is 0 Å². The highest BCUT2D eigenvalue weighted by Gasteiger charge is 2.44. The van der Waals surface area contributed by atoms with Crippen molar-refractivity contribution in [1.82, 2.24) is 15.5 Å². The summed E-state index contributed by atoms with van der Waals surface area (Å²) in [6.45, 7) is 7.87. The Morgan fingerprint density at radius 1 is 1.25 bits per heavy atom. The first kappa shape index (κ1) is 19.5. The van der Waals surface area contributed by atoms with Gasteiger partial charge in [0.25, 0.3) is 0 Å². The molecule has 1 aromatic carbocycles. The summed E-state index contributed by atoms with van der Waals surface area (Å²) in [6.07, 6.45) is 3.84. The Balaban J connectivity index is 0.00000208. The molecule has 24 heavy (non-hydrogen) atoms. The number of benzene rings is 1. The maximum atomic E-state index is 4.39. The van der Waals surface area contributed by atoms with Crippen LogP contribution in [0, 0.1) is 5.92 Å². The van der Waals surface area contributed by atoms with E-state index in [9.17, 15) is 0 Å². The lowest BCUT2D eigenvalue weighted by Gasteiger charge is -2.20. The van der Waals surface area contributed by atoms with Crippen LogP contribution < -0.4 is 10.6 Å². The van der Waals surface area contributed by atoms with Gasteiger partial charge in [-0.1, -0.05) is 37.3 Å². The molecule has 1 saturated carbocycles. The molecule has 0 bridgehead atoms. The molecule has 1 atom stereocenters. The molecule has 2 fully saturated rings. The van der Waals surface area contributed by atoms with Gasteiger partial charge in [0.1, 0.15) is 0 Å². The summed E-state index contributed by atoms with van der Waals surface area (Å²) in [6, 6.07) is 10.9. The molecule has 2 N–H and O–H groups in total. The van der Waals surface area contributed by atoms with Gasteiger partial charge in [-0.2, -0.15) is 0 Å². The monoisotopic (exact) mass is 442 g/mol. The third-order valence-corrected chi connectivity index (χ3v) is 5.43. The Hall–Kier alpha value is -0.820. The maximum absolute atomic E-state index is 4.39. The third-order valence-electron chi connectivity index (χ3n) is 5.43. The number of aliphatic imine (C=N–C) groups is 1. The standard InChI is InChI=1S/C19H30N4.HI/c1-3-23-12-9-16(14-23)13-21-18(20-2)22-15-19(10-11-19)17-7-5-4-6-8-17;/h4-8,16H,3,9-15H2,1-2H3,(H2,20,21,22);1H. The molecule has 1 unspecified atom stereocenters. The zero-order valence-electron chi connectivity index (χ0n) is 14.9. The number of hydrogen-bond donors (Lipinski definition) is 2. The Morgan fingerprint density at radius 2 is 2.00 bits per heavy atom. The van der Waals surface area contributed by atoms with E-state index in [2.05, 4.69) is 57.8 Å². The highest BCUT2D eigenvalue weighted by molar-refractivity contribution is 14.0. The molecule has 0 radical (unpaired) electrons. The summed E-state index contributed by atoms with van der Waals surface area (Å²) in [7, 11) is 1.87. The van der Waals surface area contributed by atoms with Gasteiger partial charge in [0, 0.05) is 32.1 Å². The van der Waals surface area contributed by atoms with Gasteiger partial charge in [0.15, 0.2) is 5.96 Å². The number of nitrogens with zero attached hydrogens (tertiary/aromatic N) is 2. The molecule has 0 aromatic heterocycles. The average molecular weight is 442 g/mol. The van der Waals surface area contributed by atoms with Gasteiger partial charge >= 0.3 is 0 Å². The van der Waals surface area contributed by atoms with Crippen molar-refractivity contribution in [1.29, 1.82) is 0 Å². The summed E-state index contributed by atoms with van der Waals surface area (Å²) < 4.78 is 0. The molecule has 3 rings (SSSR count). The summed E-state index contributed by atoms with van der Waals surface area (Å²) in [4.78, 5) is 6.92.